The lowest BCUT2D eigenvalue weighted by Crippen LogP contribution is -2.41. The quantitative estimate of drug-likeness (QED) is 0.871. The van der Waals surface area contributed by atoms with Gasteiger partial charge in [-0.25, -0.2) is 23.1 Å². The molecule has 1 fully saturated rings. The number of hydrogen-bond donors (Lipinski definition) is 1. The summed E-state index contributed by atoms with van der Waals surface area (Å²) in [7, 11) is -3.28. The molecule has 0 spiro atoms. The van der Waals surface area contributed by atoms with Crippen molar-refractivity contribution in [2.75, 3.05) is 30.8 Å². The number of halogens is 3. The molecular formula is C16H19F3N4O2S. The first-order valence-electron chi connectivity index (χ1n) is 8.15. The monoisotopic (exact) mass is 388 g/mol. The van der Waals surface area contributed by atoms with Crippen molar-refractivity contribution in [2.24, 2.45) is 5.92 Å². The first-order valence-corrected chi connectivity index (χ1v) is 10.0. The number of nitrogens with zero attached hydrogens (tertiary/aromatic N) is 3. The van der Waals surface area contributed by atoms with Crippen LogP contribution in [-0.4, -0.2) is 44.3 Å². The molecule has 1 unspecified atom stereocenters. The maximum atomic E-state index is 13.0. The van der Waals surface area contributed by atoms with Gasteiger partial charge < -0.3 is 4.90 Å². The molecule has 1 aliphatic rings. The van der Waals surface area contributed by atoms with Crippen LogP contribution in [0.15, 0.2) is 24.5 Å². The summed E-state index contributed by atoms with van der Waals surface area (Å²) >= 11 is 0. The Morgan fingerprint density at radius 2 is 2.08 bits per heavy atom. The number of alkyl halides is 3. The zero-order valence-electron chi connectivity index (χ0n) is 14.1. The number of sulfonamides is 1. The maximum Gasteiger partial charge on any atom is 0.416 e. The van der Waals surface area contributed by atoms with Gasteiger partial charge in [0.15, 0.2) is 0 Å². The predicted octanol–water partition coefficient (Wildman–Crippen LogP) is 2.41. The molecule has 1 saturated heterocycles. The van der Waals surface area contributed by atoms with Crippen molar-refractivity contribution in [3.05, 3.63) is 30.1 Å². The lowest BCUT2D eigenvalue weighted by Gasteiger charge is -2.34. The first-order chi connectivity index (χ1) is 12.1. The van der Waals surface area contributed by atoms with Crippen LogP contribution in [0.1, 0.15) is 18.4 Å². The Balaban J connectivity index is 1.89. The van der Waals surface area contributed by atoms with Gasteiger partial charge in [0.2, 0.25) is 10.0 Å². The number of rotatable bonds is 4. The van der Waals surface area contributed by atoms with E-state index in [4.69, 9.17) is 0 Å². The molecule has 6 nitrogen and oxygen atoms in total. The Kier molecular flexibility index (Phi) is 5.07. The number of hydrogen-bond acceptors (Lipinski definition) is 5. The third-order valence-corrected chi connectivity index (χ3v) is 5.09. The van der Waals surface area contributed by atoms with E-state index < -0.39 is 21.8 Å². The molecule has 1 N–H and O–H groups in total. The molecule has 0 aliphatic carbocycles. The Morgan fingerprint density at radius 3 is 2.77 bits per heavy atom. The summed E-state index contributed by atoms with van der Waals surface area (Å²) < 4.78 is 64.2. The van der Waals surface area contributed by atoms with Gasteiger partial charge in [-0.2, -0.15) is 13.2 Å². The fourth-order valence-corrected chi connectivity index (χ4v) is 3.70. The Bertz CT molecular complexity index is 902. The molecule has 3 rings (SSSR count). The lowest BCUT2D eigenvalue weighted by atomic mass is 9.98. The van der Waals surface area contributed by atoms with E-state index in [0.717, 1.165) is 31.2 Å². The highest BCUT2D eigenvalue weighted by Crippen LogP contribution is 2.34. The van der Waals surface area contributed by atoms with Gasteiger partial charge in [-0.15, -0.1) is 0 Å². The fourth-order valence-electron chi connectivity index (χ4n) is 3.16. The normalized spacial score (nSPS) is 19.1. The van der Waals surface area contributed by atoms with Crippen LogP contribution in [-0.2, 0) is 16.2 Å². The molecule has 2 heterocycles. The second-order valence-corrected chi connectivity index (χ2v) is 8.33. The zero-order valence-corrected chi connectivity index (χ0v) is 14.9. The summed E-state index contributed by atoms with van der Waals surface area (Å²) in [5.41, 5.74) is -0.298. The molecule has 0 radical (unpaired) electrons. The van der Waals surface area contributed by atoms with E-state index >= 15 is 0 Å². The van der Waals surface area contributed by atoms with Crippen molar-refractivity contribution in [3.63, 3.8) is 0 Å². The van der Waals surface area contributed by atoms with Crippen LogP contribution in [0.4, 0.5) is 19.0 Å². The highest BCUT2D eigenvalue weighted by molar-refractivity contribution is 7.88. The molecule has 0 saturated carbocycles. The van der Waals surface area contributed by atoms with Crippen LogP contribution in [0.3, 0.4) is 0 Å². The topological polar surface area (TPSA) is 75.2 Å². The standard InChI is InChI=1S/C16H19F3N4O2S/c1-26(24,25)22-8-11-3-2-6-23(9-11)15-13-7-12(16(17,18)19)4-5-14(13)20-10-21-15/h4-5,7,10-11,22H,2-3,6,8-9H2,1H3. The third-order valence-electron chi connectivity index (χ3n) is 4.39. The largest absolute Gasteiger partial charge is 0.416 e. The maximum absolute atomic E-state index is 13.0. The third kappa shape index (κ3) is 4.42. The minimum atomic E-state index is -4.44. The predicted molar refractivity (Wildman–Crippen MR) is 92.3 cm³/mol. The van der Waals surface area contributed by atoms with E-state index in [2.05, 4.69) is 14.7 Å². The van der Waals surface area contributed by atoms with Gasteiger partial charge in [0.25, 0.3) is 0 Å². The molecule has 1 aromatic heterocycles. The van der Waals surface area contributed by atoms with Crippen molar-refractivity contribution in [2.45, 2.75) is 19.0 Å². The number of nitrogens with one attached hydrogen (secondary N) is 1. The molecule has 26 heavy (non-hydrogen) atoms. The number of piperidine rings is 1. The number of fused-ring (bicyclic) bond motifs is 1. The minimum absolute atomic E-state index is 0.0642. The van der Waals surface area contributed by atoms with E-state index in [0.29, 0.717) is 36.4 Å². The van der Waals surface area contributed by atoms with Crippen molar-refractivity contribution >= 4 is 26.7 Å². The minimum Gasteiger partial charge on any atom is -0.356 e. The van der Waals surface area contributed by atoms with Gasteiger partial charge in [-0.1, -0.05) is 0 Å². The molecule has 1 aromatic carbocycles. The van der Waals surface area contributed by atoms with Crippen LogP contribution >= 0.6 is 0 Å². The second-order valence-electron chi connectivity index (χ2n) is 6.50. The number of benzene rings is 1. The SMILES string of the molecule is CS(=O)(=O)NCC1CCCN(c2ncnc3ccc(C(F)(F)F)cc23)C1. The second kappa shape index (κ2) is 6.99. The molecule has 0 amide bonds. The van der Waals surface area contributed by atoms with Gasteiger partial charge in [-0.3, -0.25) is 0 Å². The summed E-state index contributed by atoms with van der Waals surface area (Å²) in [4.78, 5) is 10.2. The molecule has 1 atom stereocenters. The van der Waals surface area contributed by atoms with Gasteiger partial charge in [-0.05, 0) is 37.0 Å². The van der Waals surface area contributed by atoms with E-state index in [1.807, 2.05) is 4.90 Å². The summed E-state index contributed by atoms with van der Waals surface area (Å²) in [5, 5.41) is 0.346. The van der Waals surface area contributed by atoms with Crippen LogP contribution < -0.4 is 9.62 Å². The van der Waals surface area contributed by atoms with E-state index in [1.54, 1.807) is 0 Å². The fraction of sp³-hybridized carbons (Fsp3) is 0.500. The highest BCUT2D eigenvalue weighted by Gasteiger charge is 2.31. The van der Waals surface area contributed by atoms with Gasteiger partial charge in [0.05, 0.1) is 17.3 Å². The smallest absolute Gasteiger partial charge is 0.356 e. The molecule has 10 heteroatoms. The first kappa shape index (κ1) is 18.8. The zero-order chi connectivity index (χ0) is 18.9. The van der Waals surface area contributed by atoms with Crippen molar-refractivity contribution in [1.29, 1.82) is 0 Å². The van der Waals surface area contributed by atoms with Crippen molar-refractivity contribution in [3.8, 4) is 0 Å². The van der Waals surface area contributed by atoms with Gasteiger partial charge >= 0.3 is 6.18 Å². The lowest BCUT2D eigenvalue weighted by molar-refractivity contribution is -0.137. The summed E-state index contributed by atoms with van der Waals surface area (Å²) in [6.45, 7) is 1.47. The molecular weight excluding hydrogens is 369 g/mol. The van der Waals surface area contributed by atoms with E-state index in [1.165, 1.54) is 12.4 Å². The summed E-state index contributed by atoms with van der Waals surface area (Å²) in [5.74, 6) is 0.513. The Morgan fingerprint density at radius 1 is 1.31 bits per heavy atom. The van der Waals surface area contributed by atoms with Crippen LogP contribution in [0.5, 0.6) is 0 Å². The molecule has 0 bridgehead atoms. The van der Waals surface area contributed by atoms with Crippen molar-refractivity contribution in [1.82, 2.24) is 14.7 Å². The Hall–Kier alpha value is -1.94. The summed E-state index contributed by atoms with van der Waals surface area (Å²) in [6.07, 6.45) is -0.352. The van der Waals surface area contributed by atoms with Gasteiger partial charge in [0, 0.05) is 25.0 Å². The summed E-state index contributed by atoms with van der Waals surface area (Å²) in [6, 6.07) is 3.42. The average molecular weight is 388 g/mol. The number of aromatic nitrogens is 2. The van der Waals surface area contributed by atoms with Crippen LogP contribution in [0.25, 0.3) is 10.9 Å². The number of anilines is 1. The van der Waals surface area contributed by atoms with Crippen molar-refractivity contribution < 1.29 is 21.6 Å². The molecule has 2 aromatic rings. The van der Waals surface area contributed by atoms with Crippen LogP contribution in [0, 0.1) is 5.92 Å². The van der Waals surface area contributed by atoms with Crippen LogP contribution in [0.2, 0.25) is 0 Å². The van der Waals surface area contributed by atoms with Gasteiger partial charge in [0.1, 0.15) is 12.1 Å². The van der Waals surface area contributed by atoms with E-state index in [9.17, 15) is 21.6 Å². The molecule has 142 valence electrons. The molecule has 1 aliphatic heterocycles. The van der Waals surface area contributed by atoms with E-state index in [-0.39, 0.29) is 5.92 Å². The average Bonchev–Trinajstić information content (AvgIpc) is 2.58. The Labute approximate surface area is 149 Å². The highest BCUT2D eigenvalue weighted by atomic mass is 32.2.